The molecule has 2 unspecified atom stereocenters. The molecule has 138 valence electrons. The first-order valence-corrected chi connectivity index (χ1v) is 9.55. The number of hydrogen-bond donors (Lipinski definition) is 1. The fraction of sp³-hybridized carbons (Fsp3) is 0.500. The molecule has 0 radical (unpaired) electrons. The third-order valence-corrected chi connectivity index (χ3v) is 5.56. The van der Waals surface area contributed by atoms with E-state index in [2.05, 4.69) is 27.3 Å². The van der Waals surface area contributed by atoms with Crippen LogP contribution in [-0.4, -0.2) is 40.1 Å². The molecule has 6 nitrogen and oxygen atoms in total. The predicted molar refractivity (Wildman–Crippen MR) is 98.4 cm³/mol. The van der Waals surface area contributed by atoms with E-state index in [1.165, 1.54) is 6.20 Å². The molecule has 1 N–H and O–H groups in total. The van der Waals surface area contributed by atoms with Gasteiger partial charge in [-0.25, -0.2) is 4.98 Å². The molecule has 2 fully saturated rings. The minimum absolute atomic E-state index is 0.0505. The Kier molecular flexibility index (Phi) is 4.90. The summed E-state index contributed by atoms with van der Waals surface area (Å²) in [7, 11) is 0. The lowest BCUT2D eigenvalue weighted by Gasteiger charge is -2.17. The average Bonchev–Trinajstić information content (AvgIpc) is 3.23. The van der Waals surface area contributed by atoms with E-state index < -0.39 is 0 Å². The van der Waals surface area contributed by atoms with Gasteiger partial charge >= 0.3 is 0 Å². The lowest BCUT2D eigenvalue weighted by molar-refractivity contribution is 0.0922. The molecule has 3 heterocycles. The maximum absolute atomic E-state index is 12.5. The van der Waals surface area contributed by atoms with Crippen LogP contribution in [0.15, 0.2) is 22.9 Å². The second kappa shape index (κ2) is 7.18. The predicted octanol–water partition coefficient (Wildman–Crippen LogP) is 3.50. The van der Waals surface area contributed by atoms with Crippen LogP contribution < -0.4 is 5.32 Å². The summed E-state index contributed by atoms with van der Waals surface area (Å²) in [5.41, 5.74) is 1.25. The molecule has 1 amide bonds. The highest BCUT2D eigenvalue weighted by Crippen LogP contribution is 2.40. The second-order valence-electron chi connectivity index (χ2n) is 7.24. The van der Waals surface area contributed by atoms with Gasteiger partial charge in [0.15, 0.2) is 5.69 Å². The topological polar surface area (TPSA) is 71.3 Å². The first kappa shape index (κ1) is 17.8. The zero-order valence-corrected chi connectivity index (χ0v) is 15.9. The van der Waals surface area contributed by atoms with Crippen LogP contribution in [0, 0.1) is 5.92 Å². The fourth-order valence-electron chi connectivity index (χ4n) is 3.40. The molecule has 0 aromatic carbocycles. The molecule has 1 aliphatic heterocycles. The minimum atomic E-state index is -0.179. The molecule has 2 atom stereocenters. The summed E-state index contributed by atoms with van der Waals surface area (Å²) in [6.45, 7) is 4.38. The number of amides is 1. The molecule has 4 rings (SSSR count). The van der Waals surface area contributed by atoms with Crippen LogP contribution in [0.5, 0.6) is 0 Å². The van der Waals surface area contributed by atoms with Crippen LogP contribution in [0.25, 0.3) is 0 Å². The van der Waals surface area contributed by atoms with Crippen LogP contribution in [0.2, 0.25) is 10.2 Å². The van der Waals surface area contributed by atoms with Crippen molar-refractivity contribution in [2.75, 3.05) is 13.1 Å². The lowest BCUT2D eigenvalue weighted by atomic mass is 10.1. The van der Waals surface area contributed by atoms with E-state index >= 15 is 0 Å². The van der Waals surface area contributed by atoms with Gasteiger partial charge in [-0.3, -0.25) is 9.69 Å². The van der Waals surface area contributed by atoms with Gasteiger partial charge in [-0.2, -0.15) is 0 Å². The highest BCUT2D eigenvalue weighted by molar-refractivity contribution is 6.32. The number of pyridine rings is 1. The van der Waals surface area contributed by atoms with Gasteiger partial charge in [0.05, 0.1) is 5.02 Å². The van der Waals surface area contributed by atoms with Gasteiger partial charge < -0.3 is 9.84 Å². The van der Waals surface area contributed by atoms with E-state index in [9.17, 15) is 4.79 Å². The van der Waals surface area contributed by atoms with E-state index in [0.29, 0.717) is 34.3 Å². The van der Waals surface area contributed by atoms with Crippen molar-refractivity contribution < 1.29 is 9.32 Å². The number of carbonyl (C=O) groups excluding carboxylic acids is 1. The van der Waals surface area contributed by atoms with Gasteiger partial charge in [0.25, 0.3) is 5.91 Å². The standard InChI is InChI=1S/C18H20Cl2N4O2/c1-10-7-24(8-12-4-13(19)6-21-17(12)20)9-15(10)22-18(25)14-5-16(26-23-14)11-2-3-11/h4-6,10-11,15H,2-3,7-9H2,1H3,(H,22,25). The van der Waals surface area contributed by atoms with Gasteiger partial charge in [-0.1, -0.05) is 35.3 Å². The van der Waals surface area contributed by atoms with Crippen molar-refractivity contribution in [2.45, 2.75) is 38.3 Å². The van der Waals surface area contributed by atoms with Crippen molar-refractivity contribution in [2.24, 2.45) is 5.92 Å². The van der Waals surface area contributed by atoms with Crippen LogP contribution >= 0.6 is 23.2 Å². The third-order valence-electron chi connectivity index (χ3n) is 5.02. The van der Waals surface area contributed by atoms with E-state index in [4.69, 9.17) is 27.7 Å². The Morgan fingerprint density at radius 3 is 2.92 bits per heavy atom. The van der Waals surface area contributed by atoms with Crippen LogP contribution in [0.1, 0.15) is 47.5 Å². The number of carbonyl (C=O) groups is 1. The monoisotopic (exact) mass is 394 g/mol. The molecule has 1 saturated heterocycles. The molecular weight excluding hydrogens is 375 g/mol. The summed E-state index contributed by atoms with van der Waals surface area (Å²) in [5.74, 6) is 1.40. The Hall–Kier alpha value is -1.63. The number of rotatable bonds is 5. The molecule has 1 saturated carbocycles. The molecule has 1 aliphatic carbocycles. The van der Waals surface area contributed by atoms with E-state index in [0.717, 1.165) is 37.3 Å². The van der Waals surface area contributed by atoms with Gasteiger partial charge in [0.2, 0.25) is 0 Å². The fourth-order valence-corrected chi connectivity index (χ4v) is 3.74. The summed E-state index contributed by atoms with van der Waals surface area (Å²) in [5, 5.41) is 8.02. The number of nitrogens with one attached hydrogen (secondary N) is 1. The van der Waals surface area contributed by atoms with Crippen molar-refractivity contribution in [1.29, 1.82) is 0 Å². The Labute approximate surface area is 161 Å². The van der Waals surface area contributed by atoms with Crippen LogP contribution in [0.4, 0.5) is 0 Å². The van der Waals surface area contributed by atoms with Crippen molar-refractivity contribution in [1.82, 2.24) is 20.4 Å². The first-order valence-electron chi connectivity index (χ1n) is 8.79. The summed E-state index contributed by atoms with van der Waals surface area (Å²) < 4.78 is 5.27. The molecular formula is C18H20Cl2N4O2. The summed E-state index contributed by atoms with van der Waals surface area (Å²) in [6, 6.07) is 3.65. The van der Waals surface area contributed by atoms with Gasteiger partial charge in [-0.15, -0.1) is 0 Å². The van der Waals surface area contributed by atoms with Crippen molar-refractivity contribution >= 4 is 29.1 Å². The molecule has 8 heteroatoms. The second-order valence-corrected chi connectivity index (χ2v) is 8.04. The first-order chi connectivity index (χ1) is 12.5. The van der Waals surface area contributed by atoms with E-state index in [1.54, 1.807) is 6.07 Å². The number of aromatic nitrogens is 2. The molecule has 0 spiro atoms. The average molecular weight is 395 g/mol. The van der Waals surface area contributed by atoms with Crippen LogP contribution in [0.3, 0.4) is 0 Å². The normalized spacial score (nSPS) is 23.3. The molecule has 2 aromatic heterocycles. The van der Waals surface area contributed by atoms with E-state index in [1.807, 2.05) is 6.07 Å². The third kappa shape index (κ3) is 3.87. The van der Waals surface area contributed by atoms with Crippen molar-refractivity contribution in [3.8, 4) is 0 Å². The maximum atomic E-state index is 12.5. The summed E-state index contributed by atoms with van der Waals surface area (Å²) >= 11 is 12.2. The molecule has 26 heavy (non-hydrogen) atoms. The van der Waals surface area contributed by atoms with Gasteiger partial charge in [0, 0.05) is 49.4 Å². The van der Waals surface area contributed by atoms with Crippen LogP contribution in [-0.2, 0) is 6.54 Å². The number of hydrogen-bond acceptors (Lipinski definition) is 5. The largest absolute Gasteiger partial charge is 0.360 e. The quantitative estimate of drug-likeness (QED) is 0.785. The zero-order chi connectivity index (χ0) is 18.3. The molecule has 2 aliphatic rings. The number of nitrogens with zero attached hydrogens (tertiary/aromatic N) is 3. The Bertz CT molecular complexity index is 821. The molecule has 2 aromatic rings. The van der Waals surface area contributed by atoms with E-state index in [-0.39, 0.29) is 11.9 Å². The summed E-state index contributed by atoms with van der Waals surface area (Å²) in [6.07, 6.45) is 3.77. The Morgan fingerprint density at radius 2 is 2.15 bits per heavy atom. The Morgan fingerprint density at radius 1 is 1.35 bits per heavy atom. The number of likely N-dealkylation sites (tertiary alicyclic amines) is 1. The maximum Gasteiger partial charge on any atom is 0.273 e. The lowest BCUT2D eigenvalue weighted by Crippen LogP contribution is -2.40. The number of halogens is 2. The SMILES string of the molecule is CC1CN(Cc2cc(Cl)cnc2Cl)CC1NC(=O)c1cc(C2CC2)on1. The van der Waals surface area contributed by atoms with Gasteiger partial charge in [0.1, 0.15) is 10.9 Å². The highest BCUT2D eigenvalue weighted by atomic mass is 35.5. The zero-order valence-electron chi connectivity index (χ0n) is 14.4. The Balaban J connectivity index is 1.37. The molecule has 0 bridgehead atoms. The van der Waals surface area contributed by atoms with Crippen molar-refractivity contribution in [3.63, 3.8) is 0 Å². The summed E-state index contributed by atoms with van der Waals surface area (Å²) in [4.78, 5) is 18.8. The highest BCUT2D eigenvalue weighted by Gasteiger charge is 2.33. The minimum Gasteiger partial charge on any atom is -0.360 e. The van der Waals surface area contributed by atoms with Gasteiger partial charge in [-0.05, 0) is 24.8 Å². The smallest absolute Gasteiger partial charge is 0.273 e. The van der Waals surface area contributed by atoms with Crippen molar-refractivity contribution in [3.05, 3.63) is 45.5 Å².